The zero-order valence-electron chi connectivity index (χ0n) is 10.3. The Morgan fingerprint density at radius 2 is 2.12 bits per heavy atom. The van der Waals surface area contributed by atoms with E-state index < -0.39 is 0 Å². The molecular formula is C14H15N2O+. The largest absolute Gasteiger partial charge is 0.311 e. The minimum absolute atomic E-state index is 0.0913. The summed E-state index contributed by atoms with van der Waals surface area (Å²) >= 11 is 0. The van der Waals surface area contributed by atoms with Crippen LogP contribution in [0, 0.1) is 11.3 Å². The van der Waals surface area contributed by atoms with Gasteiger partial charge in [-0.3, -0.25) is 0 Å². The first kappa shape index (κ1) is 11.6. The normalized spacial score (nSPS) is 25.2. The lowest BCUT2D eigenvalue weighted by Crippen LogP contribution is -2.42. The van der Waals surface area contributed by atoms with Crippen molar-refractivity contribution in [2.24, 2.45) is 0 Å². The van der Waals surface area contributed by atoms with Crippen LogP contribution < -0.4 is 4.48 Å². The molecule has 0 spiro atoms. The van der Waals surface area contributed by atoms with Gasteiger partial charge in [0.05, 0.1) is 24.1 Å². The van der Waals surface area contributed by atoms with Gasteiger partial charge in [-0.1, -0.05) is 0 Å². The minimum atomic E-state index is -0.294. The molecule has 17 heavy (non-hydrogen) atoms. The van der Waals surface area contributed by atoms with Crippen LogP contribution in [0.4, 0.5) is 5.69 Å². The van der Waals surface area contributed by atoms with Crippen LogP contribution in [-0.2, 0) is 10.2 Å². The quantitative estimate of drug-likeness (QED) is 0.546. The molecule has 0 aromatic heterocycles. The molecule has 1 unspecified atom stereocenters. The number of amides is 1. The second kappa shape index (κ2) is 3.28. The van der Waals surface area contributed by atoms with Gasteiger partial charge in [0, 0.05) is 11.6 Å². The molecule has 1 amide bonds. The number of nitrogens with zero attached hydrogens (tertiary/aromatic N) is 2. The summed E-state index contributed by atoms with van der Waals surface area (Å²) in [5.74, 6) is 0. The molecule has 0 saturated carbocycles. The number of hydrogen-bond acceptors (Lipinski definition) is 2. The van der Waals surface area contributed by atoms with Crippen molar-refractivity contribution in [2.75, 3.05) is 7.05 Å². The summed E-state index contributed by atoms with van der Waals surface area (Å²) in [6, 6.07) is 7.58. The highest BCUT2D eigenvalue weighted by molar-refractivity contribution is 5.82. The van der Waals surface area contributed by atoms with Crippen molar-refractivity contribution in [3.8, 4) is 6.07 Å². The van der Waals surface area contributed by atoms with Gasteiger partial charge in [0.25, 0.3) is 0 Å². The fourth-order valence-electron chi connectivity index (χ4n) is 2.51. The van der Waals surface area contributed by atoms with Crippen molar-refractivity contribution in [3.63, 3.8) is 0 Å². The first-order valence-corrected chi connectivity index (χ1v) is 5.45. The number of allylic oxidation sites excluding steroid dienone is 1. The molecule has 1 aliphatic heterocycles. The first-order chi connectivity index (χ1) is 7.87. The summed E-state index contributed by atoms with van der Waals surface area (Å²) < 4.78 is 0.0913. The number of fused-ring (bicyclic) bond motifs is 1. The second-order valence-electron chi connectivity index (χ2n) is 5.10. The number of rotatable bonds is 1. The van der Waals surface area contributed by atoms with Crippen LogP contribution >= 0.6 is 0 Å². The molecule has 0 N–H and O–H groups in total. The third-order valence-electron chi connectivity index (χ3n) is 3.79. The van der Waals surface area contributed by atoms with E-state index in [2.05, 4.69) is 12.6 Å². The van der Waals surface area contributed by atoms with Gasteiger partial charge >= 0.3 is 6.41 Å². The van der Waals surface area contributed by atoms with E-state index in [1.54, 1.807) is 6.07 Å². The van der Waals surface area contributed by atoms with E-state index in [0.717, 1.165) is 23.4 Å². The smallest absolute Gasteiger partial charge is 0.233 e. The summed E-state index contributed by atoms with van der Waals surface area (Å²) in [5.41, 5.74) is 3.07. The zero-order valence-corrected chi connectivity index (χ0v) is 10.3. The number of hydrogen-bond donors (Lipinski definition) is 0. The Kier molecular flexibility index (Phi) is 2.23. The number of carbonyl (C=O) groups excluding carboxylic acids is 1. The lowest BCUT2D eigenvalue weighted by atomic mass is 9.84. The molecule has 1 aromatic rings. The van der Waals surface area contributed by atoms with E-state index in [0.29, 0.717) is 5.56 Å². The van der Waals surface area contributed by atoms with E-state index in [9.17, 15) is 4.79 Å². The van der Waals surface area contributed by atoms with Crippen molar-refractivity contribution in [1.82, 2.24) is 4.48 Å². The van der Waals surface area contributed by atoms with E-state index in [4.69, 9.17) is 5.26 Å². The SMILES string of the molecule is C=C1C(C)(C)c2cc(C#N)ccc2[N+]1(C)C=O. The number of quaternary nitrogens is 1. The Bertz CT molecular complexity index is 566. The van der Waals surface area contributed by atoms with Gasteiger partial charge in [-0.25, -0.2) is 9.28 Å². The average Bonchev–Trinajstić information content (AvgIpc) is 2.49. The Labute approximate surface area is 101 Å². The van der Waals surface area contributed by atoms with Crippen molar-refractivity contribution < 1.29 is 4.79 Å². The highest BCUT2D eigenvalue weighted by Crippen LogP contribution is 2.50. The molecule has 1 heterocycles. The fraction of sp³-hybridized carbons (Fsp3) is 0.286. The number of nitriles is 1. The molecule has 0 saturated heterocycles. The van der Waals surface area contributed by atoms with Gasteiger partial charge in [-0.05, 0) is 32.6 Å². The molecule has 1 atom stereocenters. The molecule has 1 aliphatic rings. The first-order valence-electron chi connectivity index (χ1n) is 5.45. The van der Waals surface area contributed by atoms with Gasteiger partial charge in [0.1, 0.15) is 11.4 Å². The van der Waals surface area contributed by atoms with Gasteiger partial charge in [0.15, 0.2) is 0 Å². The summed E-state index contributed by atoms with van der Waals surface area (Å²) in [4.78, 5) is 11.4. The summed E-state index contributed by atoms with van der Waals surface area (Å²) in [5, 5.41) is 8.95. The van der Waals surface area contributed by atoms with Crippen molar-refractivity contribution in [2.45, 2.75) is 19.3 Å². The van der Waals surface area contributed by atoms with Crippen LogP contribution in [0.25, 0.3) is 0 Å². The number of benzene rings is 1. The van der Waals surface area contributed by atoms with Crippen molar-refractivity contribution >= 4 is 12.1 Å². The summed E-state index contributed by atoms with van der Waals surface area (Å²) in [6.07, 6.45) is 0.891. The standard InChI is InChI=1S/C14H15N2O/c1-10-14(2,3)12-7-11(8-15)5-6-13(12)16(10,4)9-17/h5-7,9H,1H2,2-4H3/q+1. The molecule has 0 radical (unpaired) electrons. The van der Waals surface area contributed by atoms with Gasteiger partial charge in [0.2, 0.25) is 0 Å². The monoisotopic (exact) mass is 227 g/mol. The maximum Gasteiger partial charge on any atom is 0.311 e. The van der Waals surface area contributed by atoms with Crippen molar-refractivity contribution in [1.29, 1.82) is 5.26 Å². The third kappa shape index (κ3) is 1.28. The van der Waals surface area contributed by atoms with Crippen LogP contribution in [0.5, 0.6) is 0 Å². The van der Waals surface area contributed by atoms with Gasteiger partial charge in [-0.2, -0.15) is 5.26 Å². The molecule has 0 aliphatic carbocycles. The third-order valence-corrected chi connectivity index (χ3v) is 3.79. The van der Waals surface area contributed by atoms with Crippen molar-refractivity contribution in [3.05, 3.63) is 41.6 Å². The van der Waals surface area contributed by atoms with E-state index in [1.807, 2.05) is 33.0 Å². The maximum absolute atomic E-state index is 11.4. The van der Waals surface area contributed by atoms with E-state index in [-0.39, 0.29) is 9.90 Å². The van der Waals surface area contributed by atoms with Crippen LogP contribution in [-0.4, -0.2) is 13.5 Å². The summed E-state index contributed by atoms with van der Waals surface area (Å²) in [7, 11) is 1.83. The van der Waals surface area contributed by atoms with Crippen LogP contribution in [0.2, 0.25) is 0 Å². The Morgan fingerprint density at radius 3 is 2.65 bits per heavy atom. The highest BCUT2D eigenvalue weighted by Gasteiger charge is 2.50. The average molecular weight is 227 g/mol. The molecule has 0 bridgehead atoms. The molecule has 0 fully saturated rings. The molecule has 3 nitrogen and oxygen atoms in total. The molecule has 86 valence electrons. The molecular weight excluding hydrogens is 212 g/mol. The fourth-order valence-corrected chi connectivity index (χ4v) is 2.51. The highest BCUT2D eigenvalue weighted by atomic mass is 16.1. The lowest BCUT2D eigenvalue weighted by molar-refractivity contribution is -0.115. The van der Waals surface area contributed by atoms with Gasteiger partial charge < -0.3 is 0 Å². The minimum Gasteiger partial charge on any atom is -0.233 e. The second-order valence-corrected chi connectivity index (χ2v) is 5.10. The predicted molar refractivity (Wildman–Crippen MR) is 67.1 cm³/mol. The predicted octanol–water partition coefficient (Wildman–Crippen LogP) is 2.46. The van der Waals surface area contributed by atoms with E-state index in [1.165, 1.54) is 0 Å². The van der Waals surface area contributed by atoms with Crippen LogP contribution in [0.1, 0.15) is 25.0 Å². The maximum atomic E-state index is 11.4. The Morgan fingerprint density at radius 1 is 1.47 bits per heavy atom. The van der Waals surface area contributed by atoms with Crippen LogP contribution in [0.3, 0.4) is 0 Å². The number of likely N-dealkylation sites (N-methyl/N-ethyl adjacent to an activating group) is 1. The molecule has 1 aromatic carbocycles. The summed E-state index contributed by atoms with van der Waals surface area (Å²) in [6.45, 7) is 8.12. The Balaban J connectivity index is 2.80. The zero-order chi connectivity index (χ0) is 12.8. The topological polar surface area (TPSA) is 40.9 Å². The Hall–Kier alpha value is -1.92. The van der Waals surface area contributed by atoms with E-state index >= 15 is 0 Å². The van der Waals surface area contributed by atoms with Crippen LogP contribution in [0.15, 0.2) is 30.5 Å². The van der Waals surface area contributed by atoms with Gasteiger partial charge in [-0.15, -0.1) is 0 Å². The number of carbonyl (C=O) groups is 1. The molecule has 2 rings (SSSR count). The molecule has 3 heteroatoms. The lowest BCUT2D eigenvalue weighted by Gasteiger charge is -2.25.